The number of esters is 1. The molecule has 0 saturated carbocycles. The van der Waals surface area contributed by atoms with E-state index in [9.17, 15) is 22.7 Å². The Balaban J connectivity index is 1.79. The monoisotopic (exact) mass is 487 g/mol. The summed E-state index contributed by atoms with van der Waals surface area (Å²) in [6, 6.07) is 9.60. The molecule has 0 radical (unpaired) electrons. The summed E-state index contributed by atoms with van der Waals surface area (Å²) in [7, 11) is -4.41. The zero-order valence-corrected chi connectivity index (χ0v) is 18.3. The van der Waals surface area contributed by atoms with E-state index in [0.29, 0.717) is 27.6 Å². The van der Waals surface area contributed by atoms with Crippen LogP contribution in [0.5, 0.6) is 5.75 Å². The van der Waals surface area contributed by atoms with Crippen LogP contribution in [0.4, 0.5) is 10.1 Å². The number of anilines is 1. The summed E-state index contributed by atoms with van der Waals surface area (Å²) in [5.41, 5.74) is 2.22. The Labute approximate surface area is 192 Å². The van der Waals surface area contributed by atoms with Crippen molar-refractivity contribution in [2.45, 2.75) is 11.3 Å². The van der Waals surface area contributed by atoms with Crippen molar-refractivity contribution in [3.05, 3.63) is 70.6 Å². The van der Waals surface area contributed by atoms with E-state index in [-0.39, 0.29) is 29.3 Å². The van der Waals surface area contributed by atoms with Gasteiger partial charge in [0.25, 0.3) is 10.0 Å². The minimum Gasteiger partial charge on any atom is -0.505 e. The van der Waals surface area contributed by atoms with Gasteiger partial charge in [0.05, 0.1) is 34.6 Å². The van der Waals surface area contributed by atoms with Crippen LogP contribution in [0, 0.1) is 5.82 Å². The minimum absolute atomic E-state index is 0.0462. The van der Waals surface area contributed by atoms with Crippen LogP contribution >= 0.6 is 11.6 Å². The fourth-order valence-corrected chi connectivity index (χ4v) is 5.25. The quantitative estimate of drug-likeness (QED) is 0.319. The van der Waals surface area contributed by atoms with Crippen LogP contribution in [0.1, 0.15) is 15.9 Å². The molecule has 0 saturated heterocycles. The normalized spacial score (nSPS) is 15.3. The molecule has 4 bridgehead atoms. The Morgan fingerprint density at radius 1 is 1.12 bits per heavy atom. The number of benzene rings is 3. The predicted octanol–water partition coefficient (Wildman–Crippen LogP) is 4.24. The van der Waals surface area contributed by atoms with Crippen molar-refractivity contribution >= 4 is 44.2 Å². The van der Waals surface area contributed by atoms with E-state index < -0.39 is 32.5 Å². The highest BCUT2D eigenvalue weighted by Gasteiger charge is 2.26. The maximum atomic E-state index is 14.1. The second-order valence-corrected chi connectivity index (χ2v) is 9.51. The SMILES string of the molecule is O=C1OCCc2ccc(F)cc2-c2cc(c3cn[nH]c3c2)NS(=O)(=O)c2cc1cc(Cl)c2O. The van der Waals surface area contributed by atoms with Crippen LogP contribution in [0.3, 0.4) is 0 Å². The second-order valence-electron chi connectivity index (χ2n) is 7.45. The van der Waals surface area contributed by atoms with E-state index in [1.807, 2.05) is 0 Å². The Bertz CT molecular complexity index is 1550. The molecule has 8 nitrogen and oxygen atoms in total. The van der Waals surface area contributed by atoms with Gasteiger partial charge in [0.15, 0.2) is 5.75 Å². The number of phenolic OH excluding ortho intramolecular Hbond substituents is 1. The molecule has 0 atom stereocenters. The topological polar surface area (TPSA) is 121 Å². The molecule has 11 heteroatoms. The number of fused-ring (bicyclic) bond motifs is 8. The van der Waals surface area contributed by atoms with Crippen molar-refractivity contribution in [2.24, 2.45) is 0 Å². The molecule has 0 unspecified atom stereocenters. The van der Waals surface area contributed by atoms with Gasteiger partial charge in [-0.2, -0.15) is 5.10 Å². The van der Waals surface area contributed by atoms with E-state index in [2.05, 4.69) is 14.9 Å². The number of phenols is 1. The van der Waals surface area contributed by atoms with Gasteiger partial charge in [-0.05, 0) is 53.1 Å². The lowest BCUT2D eigenvalue weighted by Gasteiger charge is -2.16. The van der Waals surface area contributed by atoms with Crippen LogP contribution in [0.2, 0.25) is 5.02 Å². The zero-order chi connectivity index (χ0) is 23.3. The largest absolute Gasteiger partial charge is 0.505 e. The van der Waals surface area contributed by atoms with Crippen molar-refractivity contribution in [1.82, 2.24) is 10.2 Å². The van der Waals surface area contributed by atoms with E-state index in [1.165, 1.54) is 18.3 Å². The Morgan fingerprint density at radius 2 is 1.94 bits per heavy atom. The number of nitrogens with one attached hydrogen (secondary N) is 2. The van der Waals surface area contributed by atoms with Crippen molar-refractivity contribution in [3.63, 3.8) is 0 Å². The first kappa shape index (κ1) is 21.2. The van der Waals surface area contributed by atoms with Gasteiger partial charge in [0, 0.05) is 11.8 Å². The maximum Gasteiger partial charge on any atom is 0.338 e. The third-order valence-corrected chi connectivity index (χ3v) is 7.01. The van der Waals surface area contributed by atoms with Gasteiger partial charge in [0.2, 0.25) is 0 Å². The van der Waals surface area contributed by atoms with Crippen LogP contribution in [0.15, 0.2) is 53.6 Å². The number of hydrogen-bond donors (Lipinski definition) is 3. The third-order valence-electron chi connectivity index (χ3n) is 5.34. The van der Waals surface area contributed by atoms with Gasteiger partial charge < -0.3 is 9.84 Å². The van der Waals surface area contributed by atoms with Gasteiger partial charge in [0.1, 0.15) is 10.7 Å². The van der Waals surface area contributed by atoms with Gasteiger partial charge >= 0.3 is 5.97 Å². The Morgan fingerprint density at radius 3 is 2.76 bits per heavy atom. The molecular weight excluding hydrogens is 473 g/mol. The van der Waals surface area contributed by atoms with Crippen LogP contribution in [-0.4, -0.2) is 36.3 Å². The highest BCUT2D eigenvalue weighted by atomic mass is 35.5. The Hall–Kier alpha value is -3.63. The molecule has 2 heterocycles. The highest BCUT2D eigenvalue weighted by molar-refractivity contribution is 7.92. The number of aromatic hydroxyl groups is 1. The number of cyclic esters (lactones) is 1. The average Bonchev–Trinajstić information content (AvgIpc) is 3.24. The lowest BCUT2D eigenvalue weighted by atomic mass is 9.96. The first-order valence-electron chi connectivity index (χ1n) is 9.71. The number of carbonyl (C=O) groups excluding carboxylic acids is 1. The number of nitrogens with zero attached hydrogens (tertiary/aromatic N) is 1. The number of aromatic nitrogens is 2. The number of hydrogen-bond acceptors (Lipinski definition) is 6. The number of H-pyrrole nitrogens is 1. The summed E-state index contributed by atoms with van der Waals surface area (Å²) >= 11 is 6.00. The number of halogens is 2. The maximum absolute atomic E-state index is 14.1. The lowest BCUT2D eigenvalue weighted by molar-refractivity contribution is 0.0509. The summed E-state index contributed by atoms with van der Waals surface area (Å²) < 4.78 is 48.3. The molecule has 1 aromatic heterocycles. The van der Waals surface area contributed by atoms with Crippen molar-refractivity contribution in [2.75, 3.05) is 11.3 Å². The summed E-state index contributed by atoms with van der Waals surface area (Å²) in [5, 5.41) is 17.2. The van der Waals surface area contributed by atoms with Crippen molar-refractivity contribution in [1.29, 1.82) is 0 Å². The molecule has 3 N–H and O–H groups in total. The molecule has 0 fully saturated rings. The van der Waals surface area contributed by atoms with Crippen LogP contribution < -0.4 is 4.72 Å². The first-order chi connectivity index (χ1) is 15.7. The molecule has 3 aromatic carbocycles. The zero-order valence-electron chi connectivity index (χ0n) is 16.7. The molecule has 4 aromatic rings. The van der Waals surface area contributed by atoms with E-state index >= 15 is 0 Å². The summed E-state index contributed by atoms with van der Waals surface area (Å²) in [6.07, 6.45) is 1.72. The van der Waals surface area contributed by atoms with Crippen LogP contribution in [0.25, 0.3) is 22.0 Å². The molecule has 0 amide bonds. The molecule has 1 aliphatic rings. The van der Waals surface area contributed by atoms with Crippen LogP contribution in [-0.2, 0) is 21.2 Å². The fourth-order valence-electron chi connectivity index (χ4n) is 3.76. The molecule has 0 aliphatic carbocycles. The first-order valence-corrected chi connectivity index (χ1v) is 11.6. The lowest BCUT2D eigenvalue weighted by Crippen LogP contribution is -2.16. The van der Waals surface area contributed by atoms with E-state index in [0.717, 1.165) is 12.1 Å². The molecule has 0 spiro atoms. The van der Waals surface area contributed by atoms with Gasteiger partial charge in [-0.25, -0.2) is 17.6 Å². The summed E-state index contributed by atoms with van der Waals surface area (Å²) in [4.78, 5) is 12.0. The van der Waals surface area contributed by atoms with E-state index in [1.54, 1.807) is 18.2 Å². The third kappa shape index (κ3) is 3.77. The summed E-state index contributed by atoms with van der Waals surface area (Å²) in [6.45, 7) is -0.0462. The van der Waals surface area contributed by atoms with E-state index in [4.69, 9.17) is 16.3 Å². The minimum atomic E-state index is -4.41. The molecule has 33 heavy (non-hydrogen) atoms. The van der Waals surface area contributed by atoms with Gasteiger partial charge in [-0.1, -0.05) is 17.7 Å². The smallest absolute Gasteiger partial charge is 0.338 e. The summed E-state index contributed by atoms with van der Waals surface area (Å²) in [5.74, 6) is -2.00. The Kier molecular flexibility index (Phi) is 4.98. The fraction of sp³-hybridized carbons (Fsp3) is 0.0909. The molecule has 1 aliphatic heterocycles. The van der Waals surface area contributed by atoms with Crippen molar-refractivity contribution in [3.8, 4) is 16.9 Å². The molecular formula is C22H15ClFN3O5S. The van der Waals surface area contributed by atoms with Crippen molar-refractivity contribution < 1.29 is 27.4 Å². The average molecular weight is 488 g/mol. The van der Waals surface area contributed by atoms with Gasteiger partial charge in [-0.15, -0.1) is 0 Å². The standard InChI is InChI=1S/C22H15ClFN3O5S/c23-17-5-13-8-20(21(17)28)33(30,31)27-19-7-12(6-18-16(19)10-25-26-18)15-9-14(24)2-1-11(15)3-4-32-22(13)29/h1-2,5-10,27-28H,3-4H2,(H,25,26). The number of carbonyl (C=O) groups is 1. The predicted molar refractivity (Wildman–Crippen MR) is 119 cm³/mol. The van der Waals surface area contributed by atoms with Gasteiger partial charge in [-0.3, -0.25) is 9.82 Å². The number of rotatable bonds is 0. The molecule has 168 valence electrons. The number of aromatic amines is 1. The number of ether oxygens (including phenoxy) is 1. The second kappa shape index (κ2) is 7.75. The number of sulfonamides is 1. The molecule has 5 rings (SSSR count). The highest BCUT2D eigenvalue weighted by Crippen LogP contribution is 2.37.